The fourth-order valence-corrected chi connectivity index (χ4v) is 3.11. The quantitative estimate of drug-likeness (QED) is 0.577. The molecule has 0 unspecified atom stereocenters. The Kier molecular flexibility index (Phi) is 6.47. The zero-order chi connectivity index (χ0) is 22.0. The Labute approximate surface area is 170 Å². The average molecular weight is 497 g/mol. The van der Waals surface area contributed by atoms with Crippen molar-refractivity contribution in [1.29, 1.82) is 0 Å². The molecule has 29 heavy (non-hydrogen) atoms. The van der Waals surface area contributed by atoms with E-state index in [1.165, 1.54) is 24.3 Å². The number of aliphatic carboxylic acids is 1. The summed E-state index contributed by atoms with van der Waals surface area (Å²) < 4.78 is 66.5. The number of aliphatic imine (C=N–C) groups is 1. The van der Waals surface area contributed by atoms with Gasteiger partial charge in [0.2, 0.25) is 5.89 Å². The Bertz CT molecular complexity index is 1110. The van der Waals surface area contributed by atoms with Crippen LogP contribution in [0.25, 0.3) is 11.5 Å². The zero-order valence-corrected chi connectivity index (χ0v) is 16.8. The topological polar surface area (TPSA) is 149 Å². The summed E-state index contributed by atoms with van der Waals surface area (Å²) in [5, 5.41) is 16.0. The minimum Gasteiger partial charge on any atom is -0.480 e. The number of aromatic nitrogens is 2. The van der Waals surface area contributed by atoms with Crippen LogP contribution in [0.15, 0.2) is 48.7 Å². The summed E-state index contributed by atoms with van der Waals surface area (Å²) in [6.45, 7) is -0.892. The van der Waals surface area contributed by atoms with Crippen LogP contribution in [-0.4, -0.2) is 54.4 Å². The molecule has 2 rings (SSSR count). The Morgan fingerprint density at radius 1 is 1.34 bits per heavy atom. The Morgan fingerprint density at radius 3 is 2.55 bits per heavy atom. The molecule has 0 radical (unpaired) electrons. The summed E-state index contributed by atoms with van der Waals surface area (Å²) in [7, 11) is -3.54. The van der Waals surface area contributed by atoms with Gasteiger partial charge >= 0.3 is 12.1 Å². The highest BCUT2D eigenvalue weighted by Gasteiger charge is 2.36. The number of allylic oxidation sites excluding steroid dienone is 2. The second-order valence-electron chi connectivity index (χ2n) is 5.50. The van der Waals surface area contributed by atoms with E-state index in [4.69, 9.17) is 15.3 Å². The van der Waals surface area contributed by atoms with Gasteiger partial charge in [-0.3, -0.25) is 9.79 Å². The first kappa shape index (κ1) is 22.5. The number of sulfone groups is 1. The van der Waals surface area contributed by atoms with Crippen molar-refractivity contribution in [3.63, 3.8) is 0 Å². The number of halogens is 4. The van der Waals surface area contributed by atoms with E-state index in [1.54, 1.807) is 0 Å². The Balaban J connectivity index is 2.55. The highest BCUT2D eigenvalue weighted by Crippen LogP contribution is 2.30. The minimum absolute atomic E-state index is 0.0445. The van der Waals surface area contributed by atoms with Crippen LogP contribution in [0.3, 0.4) is 0 Å². The number of hydrogen-bond acceptors (Lipinski definition) is 8. The molecule has 9 nitrogen and oxygen atoms in total. The smallest absolute Gasteiger partial charge is 0.431 e. The molecule has 2 aromatic rings. The van der Waals surface area contributed by atoms with E-state index in [1.807, 2.05) is 0 Å². The first-order chi connectivity index (χ1) is 13.3. The zero-order valence-electron chi connectivity index (χ0n) is 14.4. The molecule has 14 heteroatoms. The van der Waals surface area contributed by atoms with Crippen molar-refractivity contribution in [3.8, 4) is 11.5 Å². The fraction of sp³-hybridized carbons (Fsp3) is 0.200. The van der Waals surface area contributed by atoms with Gasteiger partial charge in [0.15, 0.2) is 9.84 Å². The van der Waals surface area contributed by atoms with Crippen molar-refractivity contribution >= 4 is 37.4 Å². The lowest BCUT2D eigenvalue weighted by Gasteiger charge is -2.10. The van der Waals surface area contributed by atoms with Crippen LogP contribution in [0.5, 0.6) is 0 Å². The number of rotatable bonds is 6. The molecule has 1 aromatic heterocycles. The van der Waals surface area contributed by atoms with Gasteiger partial charge in [-0.15, -0.1) is 10.2 Å². The van der Waals surface area contributed by atoms with Crippen LogP contribution in [0.4, 0.5) is 13.2 Å². The number of benzene rings is 1. The summed E-state index contributed by atoms with van der Waals surface area (Å²) in [6.07, 6.45) is -3.95. The summed E-state index contributed by atoms with van der Waals surface area (Å²) in [5.41, 5.74) is 3.01. The number of hydrogen-bond donors (Lipinski definition) is 2. The predicted octanol–water partition coefficient (Wildman–Crippen LogP) is 2.14. The van der Waals surface area contributed by atoms with Crippen LogP contribution < -0.4 is 5.73 Å². The van der Waals surface area contributed by atoms with Gasteiger partial charge in [0, 0.05) is 11.8 Å². The molecule has 0 atom stereocenters. The molecule has 0 bridgehead atoms. The van der Waals surface area contributed by atoms with Crippen LogP contribution >= 0.6 is 15.9 Å². The van der Waals surface area contributed by atoms with Crippen molar-refractivity contribution in [2.24, 2.45) is 10.7 Å². The van der Waals surface area contributed by atoms with Crippen molar-refractivity contribution in [1.82, 2.24) is 10.2 Å². The first-order valence-corrected chi connectivity index (χ1v) is 10.1. The van der Waals surface area contributed by atoms with Crippen LogP contribution in [0.2, 0.25) is 0 Å². The van der Waals surface area contributed by atoms with Crippen molar-refractivity contribution < 1.29 is 35.9 Å². The second-order valence-corrected chi connectivity index (χ2v) is 8.31. The lowest BCUT2D eigenvalue weighted by Crippen LogP contribution is -2.23. The van der Waals surface area contributed by atoms with Crippen molar-refractivity contribution in [2.45, 2.75) is 11.1 Å². The molecule has 0 fully saturated rings. The van der Waals surface area contributed by atoms with Crippen LogP contribution in [0.1, 0.15) is 5.89 Å². The Morgan fingerprint density at radius 2 is 2.00 bits per heavy atom. The molecule has 0 aliphatic rings. The maximum absolute atomic E-state index is 12.9. The van der Waals surface area contributed by atoms with E-state index in [2.05, 4.69) is 31.1 Å². The third kappa shape index (κ3) is 5.63. The van der Waals surface area contributed by atoms with Gasteiger partial charge in [0.1, 0.15) is 18.0 Å². The molecule has 0 saturated carbocycles. The number of carboxylic acids is 1. The van der Waals surface area contributed by atoms with Gasteiger partial charge in [0.05, 0.1) is 9.38 Å². The third-order valence-corrected chi connectivity index (χ3v) is 5.17. The lowest BCUT2D eigenvalue weighted by molar-refractivity contribution is -0.135. The standard InChI is InChI=1S/C15H12BrF3N4O5S/c1-29(26,27)8-4-2-3-7(5-8)13-22-23-14(28-13)11(21-6-9(24)25)10(16)12(20)15(17,18)19/h2-5H,6,20H2,1H3,(H,24,25)/b12-10+,21-11?. The van der Waals surface area contributed by atoms with Crippen molar-refractivity contribution in [2.75, 3.05) is 12.8 Å². The maximum Gasteiger partial charge on any atom is 0.431 e. The van der Waals surface area contributed by atoms with E-state index in [9.17, 15) is 26.4 Å². The number of carbonyl (C=O) groups is 1. The summed E-state index contributed by atoms with van der Waals surface area (Å²) in [6, 6.07) is 5.41. The van der Waals surface area contributed by atoms with E-state index >= 15 is 0 Å². The molecule has 0 amide bonds. The second kappa shape index (κ2) is 8.32. The predicted molar refractivity (Wildman–Crippen MR) is 98.1 cm³/mol. The normalized spacial score (nSPS) is 13.9. The Hall–Kier alpha value is -2.74. The first-order valence-electron chi connectivity index (χ1n) is 7.44. The number of alkyl halides is 3. The fourth-order valence-electron chi connectivity index (χ4n) is 1.92. The van der Waals surface area contributed by atoms with E-state index in [0.717, 1.165) is 6.26 Å². The highest BCUT2D eigenvalue weighted by molar-refractivity contribution is 9.12. The van der Waals surface area contributed by atoms with Gasteiger partial charge in [0.25, 0.3) is 5.89 Å². The van der Waals surface area contributed by atoms with Gasteiger partial charge < -0.3 is 15.3 Å². The van der Waals surface area contributed by atoms with Crippen LogP contribution in [0, 0.1) is 0 Å². The maximum atomic E-state index is 12.9. The minimum atomic E-state index is -4.94. The van der Waals surface area contributed by atoms with Crippen LogP contribution in [-0.2, 0) is 14.6 Å². The van der Waals surface area contributed by atoms with Gasteiger partial charge in [-0.2, -0.15) is 13.2 Å². The largest absolute Gasteiger partial charge is 0.480 e. The van der Waals surface area contributed by atoms with E-state index in [0.29, 0.717) is 0 Å². The van der Waals surface area contributed by atoms with Gasteiger partial charge in [-0.25, -0.2) is 8.42 Å². The lowest BCUT2D eigenvalue weighted by atomic mass is 10.2. The molecule has 0 saturated heterocycles. The molecule has 1 aromatic carbocycles. The molecular weight excluding hydrogens is 485 g/mol. The highest BCUT2D eigenvalue weighted by atomic mass is 79.9. The van der Waals surface area contributed by atoms with E-state index < -0.39 is 50.3 Å². The number of nitrogens with zero attached hydrogens (tertiary/aromatic N) is 3. The SMILES string of the molecule is CS(=O)(=O)c1cccc(-c2nnc(C(=NCC(=O)O)/C(Br)=C(\N)C(F)(F)F)o2)c1. The molecule has 3 N–H and O–H groups in total. The van der Waals surface area contributed by atoms with E-state index in [-0.39, 0.29) is 16.3 Å². The molecule has 0 aliphatic carbocycles. The number of carboxylic acid groups (broad SMARTS) is 1. The molecule has 0 aliphatic heterocycles. The average Bonchev–Trinajstić information content (AvgIpc) is 3.09. The van der Waals surface area contributed by atoms with Gasteiger partial charge in [-0.05, 0) is 34.1 Å². The number of nitrogens with two attached hydrogens (primary N) is 1. The monoisotopic (exact) mass is 496 g/mol. The van der Waals surface area contributed by atoms with Gasteiger partial charge in [-0.1, -0.05) is 6.07 Å². The summed E-state index contributed by atoms with van der Waals surface area (Å²) in [5.74, 6) is -2.20. The molecule has 1 heterocycles. The van der Waals surface area contributed by atoms with Crippen molar-refractivity contribution in [3.05, 3.63) is 40.3 Å². The molecule has 0 spiro atoms. The molecule has 156 valence electrons. The third-order valence-electron chi connectivity index (χ3n) is 3.26. The molecular formula is C15H12BrF3N4O5S. The summed E-state index contributed by atoms with van der Waals surface area (Å²) in [4.78, 5) is 14.3. The summed E-state index contributed by atoms with van der Waals surface area (Å²) >= 11 is 2.64.